The number of benzene rings is 2. The molecule has 2 aromatic carbocycles. The summed E-state index contributed by atoms with van der Waals surface area (Å²) in [6.07, 6.45) is 4.19. The number of carbonyl (C=O) groups excluding carboxylic acids is 1. The van der Waals surface area contributed by atoms with Crippen molar-refractivity contribution in [3.63, 3.8) is 0 Å². The van der Waals surface area contributed by atoms with Crippen molar-refractivity contribution in [2.45, 2.75) is 12.3 Å². The Morgan fingerprint density at radius 2 is 1.55 bits per heavy atom. The molecule has 1 unspecified atom stereocenters. The van der Waals surface area contributed by atoms with Crippen LogP contribution >= 0.6 is 0 Å². The molecule has 1 amide bonds. The minimum absolute atomic E-state index is 0.159. The van der Waals surface area contributed by atoms with Crippen molar-refractivity contribution in [1.29, 1.82) is 0 Å². The topological polar surface area (TPSA) is 36.4 Å². The number of aromatic nitrogens is 1. The van der Waals surface area contributed by atoms with Gasteiger partial charge in [0.15, 0.2) is 0 Å². The van der Waals surface area contributed by atoms with E-state index in [4.69, 9.17) is 0 Å². The van der Waals surface area contributed by atoms with Gasteiger partial charge < -0.3 is 9.80 Å². The quantitative estimate of drug-likeness (QED) is 0.664. The van der Waals surface area contributed by atoms with E-state index in [1.54, 1.807) is 24.5 Å². The zero-order valence-electron chi connectivity index (χ0n) is 16.2. The Morgan fingerprint density at radius 1 is 0.897 bits per heavy atom. The minimum Gasteiger partial charge on any atom is -0.368 e. The number of carbonyl (C=O) groups is 1. The Hall–Kier alpha value is -3.21. The monoisotopic (exact) mass is 389 g/mol. The number of anilines is 1. The molecule has 4 rings (SSSR count). The van der Waals surface area contributed by atoms with Crippen LogP contribution in [0, 0.1) is 5.82 Å². The lowest BCUT2D eigenvalue weighted by Crippen LogP contribution is -2.50. The van der Waals surface area contributed by atoms with Gasteiger partial charge in [-0.25, -0.2) is 4.39 Å². The van der Waals surface area contributed by atoms with E-state index >= 15 is 0 Å². The van der Waals surface area contributed by atoms with Gasteiger partial charge in [0.05, 0.1) is 5.92 Å². The summed E-state index contributed by atoms with van der Waals surface area (Å²) in [4.78, 5) is 21.7. The SMILES string of the molecule is O=C(C(Cc1ccncc1)c1ccccc1)N1CCN(c2ccc(F)cc2)CC1. The molecule has 0 N–H and O–H groups in total. The van der Waals surface area contributed by atoms with Crippen LogP contribution in [0.1, 0.15) is 17.0 Å². The summed E-state index contributed by atoms with van der Waals surface area (Å²) in [6.45, 7) is 2.81. The number of piperazine rings is 1. The van der Waals surface area contributed by atoms with E-state index in [2.05, 4.69) is 9.88 Å². The van der Waals surface area contributed by atoms with Gasteiger partial charge in [0.2, 0.25) is 5.91 Å². The van der Waals surface area contributed by atoms with Gasteiger partial charge in [-0.15, -0.1) is 0 Å². The normalized spacial score (nSPS) is 15.2. The predicted molar refractivity (Wildman–Crippen MR) is 112 cm³/mol. The summed E-state index contributed by atoms with van der Waals surface area (Å²) >= 11 is 0. The van der Waals surface area contributed by atoms with Crippen molar-refractivity contribution in [3.05, 3.63) is 96.1 Å². The second kappa shape index (κ2) is 8.86. The van der Waals surface area contributed by atoms with E-state index < -0.39 is 0 Å². The number of amides is 1. The minimum atomic E-state index is -0.232. The lowest BCUT2D eigenvalue weighted by molar-refractivity contribution is -0.133. The first-order valence-corrected chi connectivity index (χ1v) is 9.94. The summed E-state index contributed by atoms with van der Waals surface area (Å²) in [5, 5.41) is 0. The van der Waals surface area contributed by atoms with E-state index in [-0.39, 0.29) is 17.6 Å². The molecular weight excluding hydrogens is 365 g/mol. The van der Waals surface area contributed by atoms with Crippen molar-refractivity contribution < 1.29 is 9.18 Å². The first-order chi connectivity index (χ1) is 14.2. The average Bonchev–Trinajstić information content (AvgIpc) is 2.79. The van der Waals surface area contributed by atoms with Gasteiger partial charge >= 0.3 is 0 Å². The Bertz CT molecular complexity index is 923. The molecule has 1 saturated heterocycles. The molecular formula is C24H24FN3O. The molecule has 0 spiro atoms. The molecule has 2 heterocycles. The molecule has 148 valence electrons. The maximum absolute atomic E-state index is 13.4. The summed E-state index contributed by atoms with van der Waals surface area (Å²) in [5.74, 6) is -0.285. The standard InChI is InChI=1S/C24H24FN3O/c25-21-6-8-22(9-7-21)27-14-16-28(17-15-27)24(29)23(20-4-2-1-3-5-20)18-19-10-12-26-13-11-19/h1-13,23H,14-18H2. The number of hydrogen-bond acceptors (Lipinski definition) is 3. The number of pyridine rings is 1. The van der Waals surface area contributed by atoms with Crippen LogP contribution < -0.4 is 4.90 Å². The lowest BCUT2D eigenvalue weighted by Gasteiger charge is -2.37. The fourth-order valence-electron chi connectivity index (χ4n) is 3.84. The fourth-order valence-corrected chi connectivity index (χ4v) is 3.84. The lowest BCUT2D eigenvalue weighted by atomic mass is 9.91. The van der Waals surface area contributed by atoms with Gasteiger partial charge in [-0.3, -0.25) is 9.78 Å². The summed E-state index contributed by atoms with van der Waals surface area (Å²) < 4.78 is 13.2. The molecule has 0 aliphatic carbocycles. The zero-order valence-corrected chi connectivity index (χ0v) is 16.2. The number of nitrogens with zero attached hydrogens (tertiary/aromatic N) is 3. The number of rotatable bonds is 5. The van der Waals surface area contributed by atoms with Gasteiger partial charge in [-0.1, -0.05) is 30.3 Å². The van der Waals surface area contributed by atoms with Gasteiger partial charge in [-0.05, 0) is 53.9 Å². The van der Waals surface area contributed by atoms with Crippen molar-refractivity contribution in [2.75, 3.05) is 31.1 Å². The summed E-state index contributed by atoms with van der Waals surface area (Å²) in [6, 6.07) is 20.5. The van der Waals surface area contributed by atoms with Crippen LogP contribution in [-0.4, -0.2) is 42.0 Å². The van der Waals surface area contributed by atoms with E-state index in [0.717, 1.165) is 29.9 Å². The third-order valence-electron chi connectivity index (χ3n) is 5.47. The second-order valence-electron chi connectivity index (χ2n) is 7.31. The number of halogens is 1. The molecule has 0 bridgehead atoms. The third-order valence-corrected chi connectivity index (χ3v) is 5.47. The van der Waals surface area contributed by atoms with Crippen molar-refractivity contribution in [2.24, 2.45) is 0 Å². The van der Waals surface area contributed by atoms with Gasteiger partial charge in [0, 0.05) is 44.3 Å². The van der Waals surface area contributed by atoms with Crippen molar-refractivity contribution >= 4 is 11.6 Å². The fraction of sp³-hybridized carbons (Fsp3) is 0.250. The predicted octanol–water partition coefficient (Wildman–Crippen LogP) is 3.90. The first kappa shape index (κ1) is 19.1. The highest BCUT2D eigenvalue weighted by Gasteiger charge is 2.29. The van der Waals surface area contributed by atoms with E-state index in [9.17, 15) is 9.18 Å². The third kappa shape index (κ3) is 4.62. The highest BCUT2D eigenvalue weighted by Crippen LogP contribution is 2.25. The highest BCUT2D eigenvalue weighted by molar-refractivity contribution is 5.84. The molecule has 3 aromatic rings. The molecule has 1 fully saturated rings. The van der Waals surface area contributed by atoms with Crippen LogP contribution in [-0.2, 0) is 11.2 Å². The summed E-state index contributed by atoms with van der Waals surface area (Å²) in [7, 11) is 0. The van der Waals surface area contributed by atoms with Crippen LogP contribution in [0.15, 0.2) is 79.1 Å². The van der Waals surface area contributed by atoms with E-state index in [1.807, 2.05) is 47.4 Å². The molecule has 29 heavy (non-hydrogen) atoms. The Kier molecular flexibility index (Phi) is 5.84. The van der Waals surface area contributed by atoms with Gasteiger partial charge in [0.1, 0.15) is 5.82 Å². The van der Waals surface area contributed by atoms with Crippen LogP contribution in [0.3, 0.4) is 0 Å². The van der Waals surface area contributed by atoms with Gasteiger partial charge in [-0.2, -0.15) is 0 Å². The molecule has 5 heteroatoms. The van der Waals surface area contributed by atoms with Gasteiger partial charge in [0.25, 0.3) is 0 Å². The molecule has 1 atom stereocenters. The molecule has 4 nitrogen and oxygen atoms in total. The summed E-state index contributed by atoms with van der Waals surface area (Å²) in [5.41, 5.74) is 3.14. The first-order valence-electron chi connectivity index (χ1n) is 9.94. The zero-order chi connectivity index (χ0) is 20.1. The molecule has 1 aromatic heterocycles. The van der Waals surface area contributed by atoms with Crippen LogP contribution in [0.2, 0.25) is 0 Å². The Labute approximate surface area is 170 Å². The van der Waals surface area contributed by atoms with E-state index in [0.29, 0.717) is 19.5 Å². The molecule has 0 saturated carbocycles. The molecule has 0 radical (unpaired) electrons. The van der Waals surface area contributed by atoms with Crippen LogP contribution in [0.4, 0.5) is 10.1 Å². The Balaban J connectivity index is 1.47. The molecule has 1 aliphatic heterocycles. The maximum Gasteiger partial charge on any atom is 0.230 e. The number of hydrogen-bond donors (Lipinski definition) is 0. The van der Waals surface area contributed by atoms with Crippen molar-refractivity contribution in [1.82, 2.24) is 9.88 Å². The van der Waals surface area contributed by atoms with Crippen molar-refractivity contribution in [3.8, 4) is 0 Å². The highest BCUT2D eigenvalue weighted by atomic mass is 19.1. The van der Waals surface area contributed by atoms with Crippen LogP contribution in [0.5, 0.6) is 0 Å². The average molecular weight is 389 g/mol. The maximum atomic E-state index is 13.4. The largest absolute Gasteiger partial charge is 0.368 e. The molecule has 1 aliphatic rings. The smallest absolute Gasteiger partial charge is 0.230 e. The Morgan fingerprint density at radius 3 is 2.21 bits per heavy atom. The van der Waals surface area contributed by atoms with Crippen LogP contribution in [0.25, 0.3) is 0 Å². The van der Waals surface area contributed by atoms with E-state index in [1.165, 1.54) is 12.1 Å². The second-order valence-corrected chi connectivity index (χ2v) is 7.31.